The highest BCUT2D eigenvalue weighted by molar-refractivity contribution is 7.86. The molecule has 0 fully saturated rings. The number of esters is 1. The van der Waals surface area contributed by atoms with Crippen LogP contribution in [-0.4, -0.2) is 57.8 Å². The van der Waals surface area contributed by atoms with Crippen molar-refractivity contribution in [2.75, 3.05) is 13.4 Å². The molecule has 0 aliphatic carbocycles. The third-order valence-electron chi connectivity index (χ3n) is 2.44. The van der Waals surface area contributed by atoms with Gasteiger partial charge in [-0.3, -0.25) is 13.8 Å². The molecule has 0 aromatic heterocycles. The largest absolute Gasteiger partial charge is 0.467 e. The van der Waals surface area contributed by atoms with Crippen LogP contribution in [0.4, 0.5) is 8.78 Å². The SMILES string of the molecule is CCC(=O)C(C)F.CCC(=O)C(C)OS(C)(=O)=O.COC(=O)C(C)F. The Labute approximate surface area is 148 Å². The van der Waals surface area contributed by atoms with Gasteiger partial charge in [0.2, 0.25) is 0 Å². The second kappa shape index (κ2) is 14.9. The first-order valence-corrected chi connectivity index (χ1v) is 9.34. The van der Waals surface area contributed by atoms with Crippen molar-refractivity contribution in [2.24, 2.45) is 0 Å². The number of halogens is 2. The number of methoxy groups -OCH3 is 1. The number of alkyl halides is 2. The number of carbonyl (C=O) groups excluding carboxylic acids is 3. The van der Waals surface area contributed by atoms with E-state index in [2.05, 4.69) is 8.92 Å². The highest BCUT2D eigenvalue weighted by atomic mass is 32.2. The molecule has 3 unspecified atom stereocenters. The van der Waals surface area contributed by atoms with E-state index in [0.29, 0.717) is 6.42 Å². The fourth-order valence-electron chi connectivity index (χ4n) is 1.05. The molecule has 0 aliphatic heterocycles. The van der Waals surface area contributed by atoms with E-state index in [4.69, 9.17) is 0 Å². The Morgan fingerprint density at radius 1 is 0.920 bits per heavy atom. The summed E-state index contributed by atoms with van der Waals surface area (Å²) in [7, 11) is -2.35. The first-order chi connectivity index (χ1) is 11.2. The van der Waals surface area contributed by atoms with E-state index in [1.807, 2.05) is 0 Å². The molecule has 0 saturated heterocycles. The molecule has 0 bridgehead atoms. The third-order valence-corrected chi connectivity index (χ3v) is 3.08. The maximum Gasteiger partial charge on any atom is 0.340 e. The summed E-state index contributed by atoms with van der Waals surface area (Å²) in [6.07, 6.45) is -2.11. The second-order valence-corrected chi connectivity index (χ2v) is 6.44. The lowest BCUT2D eigenvalue weighted by Gasteiger charge is -2.07. The number of carbonyl (C=O) groups is 3. The average Bonchev–Trinajstić information content (AvgIpc) is 2.51. The molecule has 10 heteroatoms. The highest BCUT2D eigenvalue weighted by Gasteiger charge is 2.16. The van der Waals surface area contributed by atoms with Gasteiger partial charge in [-0.2, -0.15) is 8.42 Å². The van der Waals surface area contributed by atoms with Crippen molar-refractivity contribution >= 4 is 27.7 Å². The van der Waals surface area contributed by atoms with Gasteiger partial charge in [-0.25, -0.2) is 13.6 Å². The molecular formula is C15H28F2O7S. The van der Waals surface area contributed by atoms with Crippen LogP contribution in [0, 0.1) is 0 Å². The minimum Gasteiger partial charge on any atom is -0.467 e. The third kappa shape index (κ3) is 20.5. The molecule has 3 atom stereocenters. The number of Topliss-reactive ketones (excluding diaryl/α,β-unsaturated/α-hetero) is 2. The fraction of sp³-hybridized carbons (Fsp3) is 0.800. The highest BCUT2D eigenvalue weighted by Crippen LogP contribution is 2.00. The summed E-state index contributed by atoms with van der Waals surface area (Å²) in [5, 5.41) is 0. The maximum absolute atomic E-state index is 11.7. The van der Waals surface area contributed by atoms with Gasteiger partial charge in [0.25, 0.3) is 10.1 Å². The van der Waals surface area contributed by atoms with Crippen LogP contribution in [-0.2, 0) is 33.4 Å². The lowest BCUT2D eigenvalue weighted by molar-refractivity contribution is -0.145. The van der Waals surface area contributed by atoms with Crippen molar-refractivity contribution in [1.82, 2.24) is 0 Å². The summed E-state index contributed by atoms with van der Waals surface area (Å²) in [6.45, 7) is 7.12. The monoisotopic (exact) mass is 390 g/mol. The molecule has 25 heavy (non-hydrogen) atoms. The van der Waals surface area contributed by atoms with Gasteiger partial charge in [0, 0.05) is 12.8 Å². The molecule has 0 spiro atoms. The van der Waals surface area contributed by atoms with Gasteiger partial charge < -0.3 is 4.74 Å². The van der Waals surface area contributed by atoms with Crippen molar-refractivity contribution in [3.8, 4) is 0 Å². The van der Waals surface area contributed by atoms with Crippen molar-refractivity contribution in [3.05, 3.63) is 0 Å². The zero-order valence-electron chi connectivity index (χ0n) is 15.7. The first kappa shape index (κ1) is 28.4. The lowest BCUT2D eigenvalue weighted by Crippen LogP contribution is -2.22. The molecule has 0 amide bonds. The van der Waals surface area contributed by atoms with E-state index in [1.165, 1.54) is 13.8 Å². The number of ether oxygens (including phenoxy) is 1. The average molecular weight is 390 g/mol. The summed E-state index contributed by atoms with van der Waals surface area (Å²) in [5.41, 5.74) is 0. The van der Waals surface area contributed by atoms with Crippen LogP contribution in [0.15, 0.2) is 0 Å². The molecule has 7 nitrogen and oxygen atoms in total. The van der Waals surface area contributed by atoms with Crippen molar-refractivity contribution in [3.63, 3.8) is 0 Å². The van der Waals surface area contributed by atoms with E-state index in [0.717, 1.165) is 20.3 Å². The van der Waals surface area contributed by atoms with Crippen LogP contribution in [0.25, 0.3) is 0 Å². The van der Waals surface area contributed by atoms with E-state index >= 15 is 0 Å². The van der Waals surface area contributed by atoms with Crippen LogP contribution < -0.4 is 0 Å². The topological polar surface area (TPSA) is 104 Å². The van der Waals surface area contributed by atoms with Gasteiger partial charge >= 0.3 is 5.97 Å². The van der Waals surface area contributed by atoms with Crippen molar-refractivity contribution in [1.29, 1.82) is 0 Å². The van der Waals surface area contributed by atoms with Crippen LogP contribution in [0.3, 0.4) is 0 Å². The van der Waals surface area contributed by atoms with Crippen LogP contribution >= 0.6 is 0 Å². The van der Waals surface area contributed by atoms with Gasteiger partial charge in [-0.05, 0) is 20.8 Å². The Morgan fingerprint density at radius 2 is 1.32 bits per heavy atom. The minimum atomic E-state index is -3.50. The summed E-state index contributed by atoms with van der Waals surface area (Å²) >= 11 is 0. The van der Waals surface area contributed by atoms with Crippen molar-refractivity contribution < 1.29 is 40.5 Å². The molecular weight excluding hydrogens is 362 g/mol. The lowest BCUT2D eigenvalue weighted by atomic mass is 10.2. The van der Waals surface area contributed by atoms with Crippen molar-refractivity contribution in [2.45, 2.75) is 65.9 Å². The summed E-state index contributed by atoms with van der Waals surface area (Å²) in [4.78, 5) is 30.9. The Bertz CT molecular complexity index is 482. The predicted octanol–water partition coefficient (Wildman–Crippen LogP) is 2.17. The van der Waals surface area contributed by atoms with Crippen LogP contribution in [0.5, 0.6) is 0 Å². The quantitative estimate of drug-likeness (QED) is 0.485. The zero-order chi connectivity index (χ0) is 20.8. The first-order valence-electron chi connectivity index (χ1n) is 7.52. The Kier molecular flexibility index (Phi) is 16.9. The number of rotatable bonds is 7. The summed E-state index contributed by atoms with van der Waals surface area (Å²) < 4.78 is 52.8. The van der Waals surface area contributed by atoms with Gasteiger partial charge in [0.15, 0.2) is 23.9 Å². The molecule has 0 aromatic carbocycles. The normalized spacial score (nSPS) is 13.8. The fourth-order valence-corrected chi connectivity index (χ4v) is 1.68. The van der Waals surface area contributed by atoms with Crippen LogP contribution in [0.2, 0.25) is 0 Å². The smallest absolute Gasteiger partial charge is 0.340 e. The molecule has 150 valence electrons. The number of hydrogen-bond acceptors (Lipinski definition) is 7. The zero-order valence-corrected chi connectivity index (χ0v) is 16.5. The van der Waals surface area contributed by atoms with E-state index in [1.54, 1.807) is 13.8 Å². The summed E-state index contributed by atoms with van der Waals surface area (Å²) in [6, 6.07) is 0. The number of ketones is 2. The van der Waals surface area contributed by atoms with E-state index < -0.39 is 34.5 Å². The molecule has 0 heterocycles. The standard InChI is InChI=1S/C6H12O4S.C5H9FO.C4H7FO2/c1-4-6(7)5(2)10-11(3,8)9;1-3-5(7)4(2)6;1-3(5)4(6)7-2/h5H,4H2,1-3H3;4H,3H2,1-2H3;3H,1-2H3. The predicted molar refractivity (Wildman–Crippen MR) is 89.1 cm³/mol. The minimum absolute atomic E-state index is 0.213. The Balaban J connectivity index is -0.000000304. The van der Waals surface area contributed by atoms with Gasteiger partial charge in [-0.1, -0.05) is 13.8 Å². The van der Waals surface area contributed by atoms with E-state index in [-0.39, 0.29) is 18.0 Å². The molecule has 0 radical (unpaired) electrons. The van der Waals surface area contributed by atoms with Gasteiger partial charge in [0.1, 0.15) is 6.10 Å². The molecule has 0 saturated carbocycles. The summed E-state index contributed by atoms with van der Waals surface area (Å²) in [5.74, 6) is -1.35. The Morgan fingerprint density at radius 3 is 1.44 bits per heavy atom. The van der Waals surface area contributed by atoms with Gasteiger partial charge in [0.05, 0.1) is 13.4 Å². The van der Waals surface area contributed by atoms with E-state index in [9.17, 15) is 31.6 Å². The second-order valence-electron chi connectivity index (χ2n) is 4.84. The maximum atomic E-state index is 11.7. The molecule has 0 N–H and O–H groups in total. The van der Waals surface area contributed by atoms with Gasteiger partial charge in [-0.15, -0.1) is 0 Å². The molecule has 0 aliphatic rings. The molecule has 0 aromatic rings. The number of hydrogen-bond donors (Lipinski definition) is 0. The molecule has 0 rings (SSSR count). The van der Waals surface area contributed by atoms with Crippen LogP contribution in [0.1, 0.15) is 47.5 Å². The Hall–Kier alpha value is -1.42.